The highest BCUT2D eigenvalue weighted by molar-refractivity contribution is 6.20. The molecule has 0 aromatic heterocycles. The summed E-state index contributed by atoms with van der Waals surface area (Å²) in [6, 6.07) is 10.7. The highest BCUT2D eigenvalue weighted by Crippen LogP contribution is 2.36. The van der Waals surface area contributed by atoms with Crippen LogP contribution in [0, 0.1) is 0 Å². The third-order valence-electron chi connectivity index (χ3n) is 2.64. The van der Waals surface area contributed by atoms with Gasteiger partial charge in [-0.1, -0.05) is 30.3 Å². The first-order valence-electron chi connectivity index (χ1n) is 4.55. The zero-order chi connectivity index (χ0) is 8.39. The normalized spacial score (nSPS) is 29.1. The molecule has 1 fully saturated rings. The Balaban J connectivity index is 2.11. The van der Waals surface area contributed by atoms with Crippen LogP contribution in [0.2, 0.25) is 0 Å². The molecule has 0 radical (unpaired) electrons. The largest absolute Gasteiger partial charge is 0.123 e. The van der Waals surface area contributed by atoms with Crippen molar-refractivity contribution in [3.63, 3.8) is 0 Å². The van der Waals surface area contributed by atoms with Gasteiger partial charge in [0.1, 0.15) is 0 Å². The summed E-state index contributed by atoms with van der Waals surface area (Å²) in [5.41, 5.74) is 1.46. The van der Waals surface area contributed by atoms with Crippen LogP contribution in [0.25, 0.3) is 0 Å². The molecule has 0 nitrogen and oxygen atoms in total. The van der Waals surface area contributed by atoms with Crippen LogP contribution in [0.1, 0.15) is 30.7 Å². The van der Waals surface area contributed by atoms with E-state index in [0.29, 0.717) is 11.3 Å². The summed E-state index contributed by atoms with van der Waals surface area (Å²) >= 11 is 6.06. The molecular formula is C11H13Cl. The van der Waals surface area contributed by atoms with Gasteiger partial charge in [-0.3, -0.25) is 0 Å². The first-order valence-corrected chi connectivity index (χ1v) is 4.99. The first-order chi connectivity index (χ1) is 5.86. The van der Waals surface area contributed by atoms with Gasteiger partial charge >= 0.3 is 0 Å². The average Bonchev–Trinajstić information content (AvgIpc) is 2.54. The van der Waals surface area contributed by atoms with Gasteiger partial charge in [-0.05, 0) is 30.7 Å². The Morgan fingerprint density at radius 1 is 1.08 bits per heavy atom. The van der Waals surface area contributed by atoms with Crippen LogP contribution in [0.3, 0.4) is 0 Å². The minimum atomic E-state index is 0.412. The van der Waals surface area contributed by atoms with E-state index >= 15 is 0 Å². The molecule has 0 amide bonds. The zero-order valence-corrected chi connectivity index (χ0v) is 7.80. The molecule has 2 rings (SSSR count). The lowest BCUT2D eigenvalue weighted by Gasteiger charge is -2.08. The van der Waals surface area contributed by atoms with Crippen molar-refractivity contribution >= 4 is 11.6 Å². The Bertz CT molecular complexity index is 242. The minimum Gasteiger partial charge on any atom is -0.123 e. The maximum Gasteiger partial charge on any atom is 0.0342 e. The lowest BCUT2D eigenvalue weighted by molar-refractivity contribution is 0.724. The molecule has 0 N–H and O–H groups in total. The van der Waals surface area contributed by atoms with Crippen molar-refractivity contribution in [2.24, 2.45) is 0 Å². The SMILES string of the molecule is ClC1CCC(c2ccccc2)C1. The molecule has 2 unspecified atom stereocenters. The number of halogens is 1. The lowest BCUT2D eigenvalue weighted by atomic mass is 9.98. The monoisotopic (exact) mass is 180 g/mol. The van der Waals surface area contributed by atoms with Gasteiger partial charge in [-0.25, -0.2) is 0 Å². The quantitative estimate of drug-likeness (QED) is 0.580. The van der Waals surface area contributed by atoms with Crippen LogP contribution in [-0.2, 0) is 0 Å². The summed E-state index contributed by atoms with van der Waals surface area (Å²) in [6.45, 7) is 0. The van der Waals surface area contributed by atoms with Crippen molar-refractivity contribution < 1.29 is 0 Å². The zero-order valence-electron chi connectivity index (χ0n) is 7.04. The van der Waals surface area contributed by atoms with Gasteiger partial charge in [-0.15, -0.1) is 11.6 Å². The van der Waals surface area contributed by atoms with E-state index < -0.39 is 0 Å². The number of hydrogen-bond acceptors (Lipinski definition) is 0. The molecule has 12 heavy (non-hydrogen) atoms. The van der Waals surface area contributed by atoms with Crippen molar-refractivity contribution in [1.82, 2.24) is 0 Å². The van der Waals surface area contributed by atoms with E-state index in [-0.39, 0.29) is 0 Å². The molecule has 1 heteroatoms. The molecule has 1 saturated carbocycles. The predicted molar refractivity (Wildman–Crippen MR) is 52.7 cm³/mol. The maximum atomic E-state index is 6.06. The molecule has 1 aliphatic rings. The molecule has 0 bridgehead atoms. The Kier molecular flexibility index (Phi) is 2.36. The predicted octanol–water partition coefficient (Wildman–Crippen LogP) is 3.56. The molecule has 64 valence electrons. The van der Waals surface area contributed by atoms with Crippen molar-refractivity contribution in [2.75, 3.05) is 0 Å². The van der Waals surface area contributed by atoms with Crippen molar-refractivity contribution in [3.05, 3.63) is 35.9 Å². The number of rotatable bonds is 1. The Morgan fingerprint density at radius 3 is 2.42 bits per heavy atom. The highest BCUT2D eigenvalue weighted by Gasteiger charge is 2.23. The van der Waals surface area contributed by atoms with Crippen LogP contribution < -0.4 is 0 Å². The van der Waals surface area contributed by atoms with Crippen LogP contribution >= 0.6 is 11.6 Å². The molecule has 1 aliphatic carbocycles. The molecule has 0 heterocycles. The molecule has 2 atom stereocenters. The average molecular weight is 181 g/mol. The number of hydrogen-bond donors (Lipinski definition) is 0. The summed E-state index contributed by atoms with van der Waals surface area (Å²) < 4.78 is 0. The smallest absolute Gasteiger partial charge is 0.0342 e. The van der Waals surface area contributed by atoms with Gasteiger partial charge in [0.25, 0.3) is 0 Å². The molecule has 0 saturated heterocycles. The number of alkyl halides is 1. The van der Waals surface area contributed by atoms with Crippen LogP contribution in [-0.4, -0.2) is 5.38 Å². The minimum absolute atomic E-state index is 0.412. The Morgan fingerprint density at radius 2 is 1.83 bits per heavy atom. The summed E-state index contributed by atoms with van der Waals surface area (Å²) in [5, 5.41) is 0.412. The Hall–Kier alpha value is -0.490. The van der Waals surface area contributed by atoms with E-state index in [2.05, 4.69) is 30.3 Å². The van der Waals surface area contributed by atoms with Gasteiger partial charge < -0.3 is 0 Å². The molecule has 0 spiro atoms. The fourth-order valence-electron chi connectivity index (χ4n) is 1.95. The second kappa shape index (κ2) is 3.49. The van der Waals surface area contributed by atoms with Gasteiger partial charge in [0.15, 0.2) is 0 Å². The van der Waals surface area contributed by atoms with E-state index in [1.165, 1.54) is 18.4 Å². The second-order valence-electron chi connectivity index (χ2n) is 3.52. The van der Waals surface area contributed by atoms with E-state index in [9.17, 15) is 0 Å². The summed E-state index contributed by atoms with van der Waals surface area (Å²) in [5.74, 6) is 0.716. The van der Waals surface area contributed by atoms with Crippen LogP contribution in [0.5, 0.6) is 0 Å². The maximum absolute atomic E-state index is 6.06. The summed E-state index contributed by atoms with van der Waals surface area (Å²) in [6.07, 6.45) is 3.60. The molecule has 0 aliphatic heterocycles. The summed E-state index contributed by atoms with van der Waals surface area (Å²) in [7, 11) is 0. The summed E-state index contributed by atoms with van der Waals surface area (Å²) in [4.78, 5) is 0. The standard InChI is InChI=1S/C11H13Cl/c12-11-7-6-10(8-11)9-4-2-1-3-5-9/h1-5,10-11H,6-8H2. The highest BCUT2D eigenvalue weighted by atomic mass is 35.5. The van der Waals surface area contributed by atoms with Crippen molar-refractivity contribution in [1.29, 1.82) is 0 Å². The second-order valence-corrected chi connectivity index (χ2v) is 4.14. The third kappa shape index (κ3) is 1.64. The van der Waals surface area contributed by atoms with E-state index in [4.69, 9.17) is 11.6 Å². The van der Waals surface area contributed by atoms with Gasteiger partial charge in [0.05, 0.1) is 0 Å². The lowest BCUT2D eigenvalue weighted by Crippen LogP contribution is -1.93. The van der Waals surface area contributed by atoms with Gasteiger partial charge in [0.2, 0.25) is 0 Å². The first kappa shape index (κ1) is 8.12. The Labute approximate surface area is 78.6 Å². The van der Waals surface area contributed by atoms with Gasteiger partial charge in [0, 0.05) is 5.38 Å². The third-order valence-corrected chi connectivity index (χ3v) is 3.04. The van der Waals surface area contributed by atoms with Gasteiger partial charge in [-0.2, -0.15) is 0 Å². The van der Waals surface area contributed by atoms with Crippen LogP contribution in [0.15, 0.2) is 30.3 Å². The molecular weight excluding hydrogens is 168 g/mol. The topological polar surface area (TPSA) is 0 Å². The molecule has 1 aromatic rings. The number of benzene rings is 1. The van der Waals surface area contributed by atoms with E-state index in [0.717, 1.165) is 6.42 Å². The van der Waals surface area contributed by atoms with Crippen LogP contribution in [0.4, 0.5) is 0 Å². The van der Waals surface area contributed by atoms with Crippen molar-refractivity contribution in [3.8, 4) is 0 Å². The fraction of sp³-hybridized carbons (Fsp3) is 0.455. The van der Waals surface area contributed by atoms with Crippen molar-refractivity contribution in [2.45, 2.75) is 30.6 Å². The van der Waals surface area contributed by atoms with E-state index in [1.807, 2.05) is 0 Å². The van der Waals surface area contributed by atoms with E-state index in [1.54, 1.807) is 0 Å². The molecule has 1 aromatic carbocycles. The fourth-order valence-corrected chi connectivity index (χ4v) is 2.30.